The van der Waals surface area contributed by atoms with Gasteiger partial charge in [-0.05, 0) is 43.9 Å². The van der Waals surface area contributed by atoms with Crippen molar-refractivity contribution in [1.29, 1.82) is 0 Å². The highest BCUT2D eigenvalue weighted by atomic mass is 16.5. The van der Waals surface area contributed by atoms with Crippen LogP contribution in [0.2, 0.25) is 19.0 Å². The zero-order valence-electron chi connectivity index (χ0n) is 11.7. The molecule has 1 aromatic rings. The van der Waals surface area contributed by atoms with Crippen LogP contribution in [-0.4, -0.2) is 25.3 Å². The Kier molecular flexibility index (Phi) is 3.25. The van der Waals surface area contributed by atoms with Crippen LogP contribution in [0.25, 0.3) is 0 Å². The SMILES string of the molecule is CC(C)N1C(=O)Cc2cc(OCCB3CC3)ccc21. The number of anilines is 1. The molecular formula is C15H20BNO2. The average Bonchev–Trinajstić information content (AvgIpc) is 3.10. The van der Waals surface area contributed by atoms with Gasteiger partial charge in [-0.25, -0.2) is 0 Å². The first-order valence-corrected chi connectivity index (χ1v) is 7.23. The van der Waals surface area contributed by atoms with E-state index in [-0.39, 0.29) is 11.9 Å². The largest absolute Gasteiger partial charge is 0.494 e. The van der Waals surface area contributed by atoms with Crippen molar-refractivity contribution in [2.24, 2.45) is 0 Å². The predicted molar refractivity (Wildman–Crippen MR) is 78.4 cm³/mol. The van der Waals surface area contributed by atoms with Crippen LogP contribution in [0.1, 0.15) is 19.4 Å². The Bertz CT molecular complexity index is 497. The van der Waals surface area contributed by atoms with Gasteiger partial charge >= 0.3 is 0 Å². The van der Waals surface area contributed by atoms with Crippen LogP contribution in [0.3, 0.4) is 0 Å². The summed E-state index contributed by atoms with van der Waals surface area (Å²) in [7, 11) is 0. The van der Waals surface area contributed by atoms with Crippen molar-refractivity contribution in [3.05, 3.63) is 23.8 Å². The smallest absolute Gasteiger partial charge is 0.231 e. The van der Waals surface area contributed by atoms with Gasteiger partial charge in [0.25, 0.3) is 0 Å². The molecule has 2 aliphatic rings. The van der Waals surface area contributed by atoms with Gasteiger partial charge in [0.15, 0.2) is 0 Å². The third-order valence-corrected chi connectivity index (χ3v) is 3.93. The van der Waals surface area contributed by atoms with Crippen LogP contribution in [0.15, 0.2) is 18.2 Å². The molecule has 2 aliphatic heterocycles. The van der Waals surface area contributed by atoms with E-state index in [0.29, 0.717) is 6.42 Å². The number of carbonyl (C=O) groups excluding carboxylic acids is 1. The number of ether oxygens (including phenoxy) is 1. The van der Waals surface area contributed by atoms with Crippen LogP contribution in [0.4, 0.5) is 5.69 Å². The van der Waals surface area contributed by atoms with Crippen molar-refractivity contribution >= 4 is 18.3 Å². The van der Waals surface area contributed by atoms with Gasteiger partial charge in [0.1, 0.15) is 12.5 Å². The Morgan fingerprint density at radius 2 is 2.16 bits per heavy atom. The fourth-order valence-electron chi connectivity index (χ4n) is 2.73. The molecule has 1 saturated heterocycles. The summed E-state index contributed by atoms with van der Waals surface area (Å²) in [6.45, 7) is 5.79. The van der Waals surface area contributed by atoms with Crippen molar-refractivity contribution in [2.45, 2.75) is 45.3 Å². The molecule has 3 rings (SSSR count). The summed E-state index contributed by atoms with van der Waals surface area (Å²) in [6.07, 6.45) is 4.40. The fraction of sp³-hybridized carbons (Fsp3) is 0.533. The van der Waals surface area contributed by atoms with Gasteiger partial charge in [0.2, 0.25) is 5.91 Å². The van der Waals surface area contributed by atoms with Gasteiger partial charge in [-0.15, -0.1) is 0 Å². The molecule has 19 heavy (non-hydrogen) atoms. The van der Waals surface area contributed by atoms with Crippen molar-refractivity contribution in [2.75, 3.05) is 11.5 Å². The van der Waals surface area contributed by atoms with Gasteiger partial charge in [0.05, 0.1) is 13.0 Å². The molecule has 0 radical (unpaired) electrons. The third kappa shape index (κ3) is 2.62. The Morgan fingerprint density at radius 1 is 1.37 bits per heavy atom. The Balaban J connectivity index is 1.70. The molecule has 0 unspecified atom stereocenters. The standard InChI is InChI=1S/C15H20BNO2/c1-11(2)17-14-4-3-13(9-12(14)10-15(17)18)19-8-7-16-5-6-16/h3-4,9,11H,5-8,10H2,1-2H3. The van der Waals surface area contributed by atoms with Crippen LogP contribution in [-0.2, 0) is 11.2 Å². The van der Waals surface area contributed by atoms with Gasteiger partial charge in [-0.1, -0.05) is 12.6 Å². The summed E-state index contributed by atoms with van der Waals surface area (Å²) in [5.41, 5.74) is 2.15. The second-order valence-electron chi connectivity index (χ2n) is 5.91. The summed E-state index contributed by atoms with van der Waals surface area (Å²) >= 11 is 0. The van der Waals surface area contributed by atoms with Crippen molar-refractivity contribution in [1.82, 2.24) is 0 Å². The minimum Gasteiger partial charge on any atom is -0.494 e. The monoisotopic (exact) mass is 257 g/mol. The molecule has 4 heteroatoms. The maximum Gasteiger partial charge on any atom is 0.231 e. The number of fused-ring (bicyclic) bond motifs is 1. The number of hydrogen-bond acceptors (Lipinski definition) is 2. The van der Waals surface area contributed by atoms with E-state index in [2.05, 4.69) is 0 Å². The Hall–Kier alpha value is -1.45. The van der Waals surface area contributed by atoms with Crippen LogP contribution >= 0.6 is 0 Å². The molecule has 0 aliphatic carbocycles. The number of rotatable bonds is 5. The predicted octanol–water partition coefficient (Wildman–Crippen LogP) is 2.87. The molecule has 0 aromatic heterocycles. The molecule has 100 valence electrons. The van der Waals surface area contributed by atoms with E-state index >= 15 is 0 Å². The summed E-state index contributed by atoms with van der Waals surface area (Å²) in [6, 6.07) is 6.25. The molecule has 0 N–H and O–H groups in total. The number of nitrogens with zero attached hydrogens (tertiary/aromatic N) is 1. The molecule has 2 heterocycles. The van der Waals surface area contributed by atoms with Crippen LogP contribution in [0, 0.1) is 0 Å². The summed E-state index contributed by atoms with van der Waals surface area (Å²) in [4.78, 5) is 13.9. The van der Waals surface area contributed by atoms with Gasteiger partial charge in [-0.2, -0.15) is 0 Å². The minimum atomic E-state index is 0.195. The normalized spacial score (nSPS) is 17.1. The summed E-state index contributed by atoms with van der Waals surface area (Å²) in [5, 5.41) is 0. The number of carbonyl (C=O) groups is 1. The van der Waals surface area contributed by atoms with E-state index in [9.17, 15) is 4.79 Å². The first kappa shape index (κ1) is 12.6. The molecule has 0 spiro atoms. The topological polar surface area (TPSA) is 29.5 Å². The van der Waals surface area contributed by atoms with E-state index in [1.54, 1.807) is 0 Å². The lowest BCUT2D eigenvalue weighted by molar-refractivity contribution is -0.117. The van der Waals surface area contributed by atoms with E-state index in [0.717, 1.165) is 36.6 Å². The van der Waals surface area contributed by atoms with Gasteiger partial charge in [0, 0.05) is 11.7 Å². The lowest BCUT2D eigenvalue weighted by atomic mass is 9.68. The molecule has 1 fully saturated rings. The van der Waals surface area contributed by atoms with E-state index in [4.69, 9.17) is 4.74 Å². The second kappa shape index (κ2) is 4.91. The molecule has 3 nitrogen and oxygen atoms in total. The highest BCUT2D eigenvalue weighted by molar-refractivity contribution is 6.69. The molecule has 1 aromatic carbocycles. The van der Waals surface area contributed by atoms with Crippen molar-refractivity contribution in [3.8, 4) is 5.75 Å². The van der Waals surface area contributed by atoms with E-state index in [1.165, 1.54) is 12.6 Å². The molecule has 0 atom stereocenters. The second-order valence-corrected chi connectivity index (χ2v) is 5.91. The van der Waals surface area contributed by atoms with Gasteiger partial charge < -0.3 is 9.64 Å². The third-order valence-electron chi connectivity index (χ3n) is 3.93. The zero-order chi connectivity index (χ0) is 13.4. The first-order valence-electron chi connectivity index (χ1n) is 7.23. The number of hydrogen-bond donors (Lipinski definition) is 0. The average molecular weight is 257 g/mol. The maximum absolute atomic E-state index is 12.0. The zero-order valence-corrected chi connectivity index (χ0v) is 11.7. The highest BCUT2D eigenvalue weighted by Gasteiger charge is 2.29. The molecule has 0 saturated carbocycles. The Labute approximate surface area is 115 Å². The lowest BCUT2D eigenvalue weighted by Gasteiger charge is -2.21. The molecule has 1 amide bonds. The minimum absolute atomic E-state index is 0.195. The van der Waals surface area contributed by atoms with Gasteiger partial charge in [-0.3, -0.25) is 4.79 Å². The van der Waals surface area contributed by atoms with E-state index < -0.39 is 0 Å². The highest BCUT2D eigenvalue weighted by Crippen LogP contribution is 2.33. The van der Waals surface area contributed by atoms with E-state index in [1.807, 2.05) is 36.9 Å². The Morgan fingerprint density at radius 3 is 2.84 bits per heavy atom. The summed E-state index contributed by atoms with van der Waals surface area (Å²) in [5.74, 6) is 1.10. The quantitative estimate of drug-likeness (QED) is 0.759. The first-order chi connectivity index (χ1) is 9.15. The summed E-state index contributed by atoms with van der Waals surface area (Å²) < 4.78 is 5.78. The lowest BCUT2D eigenvalue weighted by Crippen LogP contribution is -2.33. The number of amides is 1. The van der Waals surface area contributed by atoms with Crippen molar-refractivity contribution < 1.29 is 9.53 Å². The number of benzene rings is 1. The molecule has 0 bridgehead atoms. The van der Waals surface area contributed by atoms with Crippen molar-refractivity contribution in [3.63, 3.8) is 0 Å². The maximum atomic E-state index is 12.0. The van der Waals surface area contributed by atoms with Crippen LogP contribution < -0.4 is 9.64 Å². The fourth-order valence-corrected chi connectivity index (χ4v) is 2.73. The molecular weight excluding hydrogens is 237 g/mol. The van der Waals surface area contributed by atoms with Crippen LogP contribution in [0.5, 0.6) is 5.75 Å².